The molecule has 2 aromatic heterocycles. The molecule has 9 nitrogen and oxygen atoms in total. The third-order valence-corrected chi connectivity index (χ3v) is 8.86. The molecule has 0 saturated carbocycles. The molecule has 0 N–H and O–H groups in total. The quantitative estimate of drug-likeness (QED) is 0.350. The van der Waals surface area contributed by atoms with Gasteiger partial charge in [-0.25, -0.2) is 17.8 Å². The number of aromatic nitrogens is 4. The van der Waals surface area contributed by atoms with Gasteiger partial charge in [-0.2, -0.15) is 9.57 Å². The molecule has 1 aliphatic heterocycles. The molecule has 0 amide bonds. The number of aryl methyl sites for hydroxylation is 1. The SMILES string of the molecule is Cc1ccc(-c2nnc3c4ccccc4nc(N4CCCN(S(=O)(=O)c5ccccc5C#N)CC4)n23)cc1. The molecule has 0 unspecified atom stereocenters. The number of nitrogens with zero attached hydrogens (tertiary/aromatic N) is 7. The molecule has 0 bridgehead atoms. The molecule has 1 saturated heterocycles. The van der Waals surface area contributed by atoms with E-state index in [9.17, 15) is 13.7 Å². The highest BCUT2D eigenvalue weighted by atomic mass is 32.2. The zero-order valence-corrected chi connectivity index (χ0v) is 21.6. The van der Waals surface area contributed by atoms with Crippen molar-refractivity contribution in [2.75, 3.05) is 31.1 Å². The van der Waals surface area contributed by atoms with Gasteiger partial charge in [-0.15, -0.1) is 10.2 Å². The van der Waals surface area contributed by atoms with Gasteiger partial charge in [0.05, 0.1) is 16.0 Å². The van der Waals surface area contributed by atoms with Crippen molar-refractivity contribution in [2.45, 2.75) is 18.2 Å². The van der Waals surface area contributed by atoms with Gasteiger partial charge in [-0.3, -0.25) is 0 Å². The zero-order valence-electron chi connectivity index (χ0n) is 20.8. The number of fused-ring (bicyclic) bond motifs is 3. The molecule has 5 aromatic rings. The van der Waals surface area contributed by atoms with Gasteiger partial charge in [-0.05, 0) is 37.6 Å². The lowest BCUT2D eigenvalue weighted by atomic mass is 10.1. The summed E-state index contributed by atoms with van der Waals surface area (Å²) in [5.74, 6) is 1.36. The molecule has 1 fully saturated rings. The standard InChI is InChI=1S/C28H25N7O2S/c1-20-11-13-21(14-12-20)26-31-32-27-23-8-3-4-9-24(23)30-28(35(26)27)33-15-6-16-34(18-17-33)38(36,37)25-10-5-2-7-22(25)19-29/h2-5,7-14H,6,15-18H2,1H3. The summed E-state index contributed by atoms with van der Waals surface area (Å²) in [4.78, 5) is 7.16. The van der Waals surface area contributed by atoms with Crippen LogP contribution in [0.15, 0.2) is 77.7 Å². The topological polar surface area (TPSA) is 107 Å². The Morgan fingerprint density at radius 1 is 0.868 bits per heavy atom. The molecule has 3 aromatic carbocycles. The van der Waals surface area contributed by atoms with Crippen LogP contribution in [0.3, 0.4) is 0 Å². The Labute approximate surface area is 220 Å². The highest BCUT2D eigenvalue weighted by molar-refractivity contribution is 7.89. The molecule has 6 rings (SSSR count). The minimum Gasteiger partial charge on any atom is -0.340 e. The second kappa shape index (κ2) is 9.52. The highest BCUT2D eigenvalue weighted by Gasteiger charge is 2.30. The summed E-state index contributed by atoms with van der Waals surface area (Å²) < 4.78 is 30.4. The fourth-order valence-corrected chi connectivity index (χ4v) is 6.54. The number of hydrogen-bond donors (Lipinski definition) is 0. The Hall–Kier alpha value is -4.33. The van der Waals surface area contributed by atoms with Gasteiger partial charge in [0.2, 0.25) is 16.0 Å². The monoisotopic (exact) mass is 523 g/mol. The van der Waals surface area contributed by atoms with Crippen molar-refractivity contribution in [1.29, 1.82) is 5.26 Å². The summed E-state index contributed by atoms with van der Waals surface area (Å²) in [6.45, 7) is 3.69. The number of rotatable bonds is 4. The van der Waals surface area contributed by atoms with Crippen molar-refractivity contribution in [3.8, 4) is 17.5 Å². The Kier molecular flexibility index (Phi) is 6.02. The summed E-state index contributed by atoms with van der Waals surface area (Å²) >= 11 is 0. The van der Waals surface area contributed by atoms with Crippen LogP contribution in [0.4, 0.5) is 5.95 Å². The van der Waals surface area contributed by atoms with Crippen molar-refractivity contribution in [3.63, 3.8) is 0 Å². The van der Waals surface area contributed by atoms with Crippen molar-refractivity contribution in [1.82, 2.24) is 23.9 Å². The van der Waals surface area contributed by atoms with E-state index in [1.165, 1.54) is 16.4 Å². The average molecular weight is 524 g/mol. The van der Waals surface area contributed by atoms with Gasteiger partial charge in [-0.1, -0.05) is 54.1 Å². The van der Waals surface area contributed by atoms with Crippen molar-refractivity contribution in [2.24, 2.45) is 0 Å². The number of para-hydroxylation sites is 1. The first-order valence-electron chi connectivity index (χ1n) is 12.4. The van der Waals surface area contributed by atoms with Crippen LogP contribution in [0, 0.1) is 18.3 Å². The number of benzene rings is 3. The van der Waals surface area contributed by atoms with E-state index in [1.54, 1.807) is 12.1 Å². The summed E-state index contributed by atoms with van der Waals surface area (Å²) in [6.07, 6.45) is 0.603. The largest absolute Gasteiger partial charge is 0.340 e. The van der Waals surface area contributed by atoms with E-state index < -0.39 is 10.0 Å². The molecule has 190 valence electrons. The fourth-order valence-electron chi connectivity index (χ4n) is 4.92. The number of sulfonamides is 1. The van der Waals surface area contributed by atoms with E-state index in [4.69, 9.17) is 4.98 Å². The minimum atomic E-state index is -3.82. The van der Waals surface area contributed by atoms with Gasteiger partial charge in [0, 0.05) is 37.1 Å². The minimum absolute atomic E-state index is 0.0441. The Balaban J connectivity index is 1.42. The fraction of sp³-hybridized carbons (Fsp3) is 0.214. The Morgan fingerprint density at radius 3 is 2.45 bits per heavy atom. The molecular weight excluding hydrogens is 498 g/mol. The third kappa shape index (κ3) is 4.06. The van der Waals surface area contributed by atoms with E-state index in [1.807, 2.05) is 65.9 Å². The average Bonchev–Trinajstić information content (AvgIpc) is 3.23. The highest BCUT2D eigenvalue weighted by Crippen LogP contribution is 2.30. The smallest absolute Gasteiger partial charge is 0.244 e. The second-order valence-electron chi connectivity index (χ2n) is 9.33. The van der Waals surface area contributed by atoms with Crippen LogP contribution in [0.2, 0.25) is 0 Å². The van der Waals surface area contributed by atoms with E-state index in [0.29, 0.717) is 43.5 Å². The van der Waals surface area contributed by atoms with Crippen molar-refractivity contribution >= 4 is 32.5 Å². The van der Waals surface area contributed by atoms with Gasteiger partial charge in [0.1, 0.15) is 6.07 Å². The van der Waals surface area contributed by atoms with Crippen LogP contribution < -0.4 is 4.90 Å². The van der Waals surface area contributed by atoms with Crippen LogP contribution in [0.1, 0.15) is 17.5 Å². The molecular formula is C28H25N7O2S. The molecule has 0 radical (unpaired) electrons. The zero-order chi connectivity index (χ0) is 26.3. The van der Waals surface area contributed by atoms with E-state index in [0.717, 1.165) is 22.0 Å². The molecule has 1 aliphatic rings. The molecule has 10 heteroatoms. The number of hydrogen-bond acceptors (Lipinski definition) is 7. The summed E-state index contributed by atoms with van der Waals surface area (Å²) in [5, 5.41) is 19.5. The van der Waals surface area contributed by atoms with Crippen LogP contribution in [-0.2, 0) is 10.0 Å². The first kappa shape index (κ1) is 24.0. The molecule has 0 aliphatic carbocycles. The van der Waals surface area contributed by atoms with Gasteiger partial charge < -0.3 is 4.90 Å². The number of anilines is 1. The van der Waals surface area contributed by atoms with Gasteiger partial charge in [0.15, 0.2) is 11.5 Å². The van der Waals surface area contributed by atoms with Gasteiger partial charge in [0.25, 0.3) is 0 Å². The molecule has 0 spiro atoms. The predicted octanol–water partition coefficient (Wildman–Crippen LogP) is 4.03. The Morgan fingerprint density at radius 2 is 1.63 bits per heavy atom. The Bertz CT molecular complexity index is 1810. The maximum Gasteiger partial charge on any atom is 0.244 e. The molecule has 0 atom stereocenters. The van der Waals surface area contributed by atoms with E-state index in [-0.39, 0.29) is 17.0 Å². The predicted molar refractivity (Wildman–Crippen MR) is 145 cm³/mol. The van der Waals surface area contributed by atoms with Gasteiger partial charge >= 0.3 is 0 Å². The maximum absolute atomic E-state index is 13.5. The van der Waals surface area contributed by atoms with Crippen LogP contribution in [-0.4, -0.2) is 58.5 Å². The first-order chi connectivity index (χ1) is 18.5. The normalized spacial score (nSPS) is 15.0. The third-order valence-electron chi connectivity index (χ3n) is 6.90. The summed E-state index contributed by atoms with van der Waals surface area (Å²) in [6, 6.07) is 24.3. The van der Waals surface area contributed by atoms with Crippen molar-refractivity contribution < 1.29 is 8.42 Å². The maximum atomic E-state index is 13.5. The summed E-state index contributed by atoms with van der Waals surface area (Å²) in [7, 11) is -3.82. The summed E-state index contributed by atoms with van der Waals surface area (Å²) in [5.41, 5.74) is 3.73. The van der Waals surface area contributed by atoms with Crippen LogP contribution in [0.5, 0.6) is 0 Å². The number of nitriles is 1. The first-order valence-corrected chi connectivity index (χ1v) is 13.9. The van der Waals surface area contributed by atoms with Crippen molar-refractivity contribution in [3.05, 3.63) is 83.9 Å². The molecule has 38 heavy (non-hydrogen) atoms. The second-order valence-corrected chi connectivity index (χ2v) is 11.2. The lowest BCUT2D eigenvalue weighted by Gasteiger charge is -2.24. The lowest BCUT2D eigenvalue weighted by Crippen LogP contribution is -2.36. The lowest BCUT2D eigenvalue weighted by molar-refractivity contribution is 0.433. The van der Waals surface area contributed by atoms with E-state index in [2.05, 4.69) is 15.1 Å². The van der Waals surface area contributed by atoms with E-state index >= 15 is 0 Å². The van der Waals surface area contributed by atoms with Crippen LogP contribution in [0.25, 0.3) is 27.9 Å². The van der Waals surface area contributed by atoms with Crippen LogP contribution >= 0.6 is 0 Å². The molecule has 3 heterocycles.